The number of aryl methyl sites for hydroxylation is 1. The van der Waals surface area contributed by atoms with E-state index >= 15 is 0 Å². The van der Waals surface area contributed by atoms with Crippen LogP contribution in [0, 0.1) is 0 Å². The van der Waals surface area contributed by atoms with Crippen LogP contribution in [0.15, 0.2) is 45.3 Å². The number of nitrogens with two attached hydrogens (primary N) is 1. The van der Waals surface area contributed by atoms with Crippen LogP contribution in [-0.2, 0) is 6.42 Å². The van der Waals surface area contributed by atoms with Crippen LogP contribution in [0.25, 0.3) is 0 Å². The monoisotopic (exact) mass is 410 g/mol. The summed E-state index contributed by atoms with van der Waals surface area (Å²) in [4.78, 5) is 0. The van der Waals surface area contributed by atoms with E-state index in [4.69, 9.17) is 10.6 Å². The fourth-order valence-electron chi connectivity index (χ4n) is 2.72. The van der Waals surface area contributed by atoms with Crippen molar-refractivity contribution in [1.29, 1.82) is 0 Å². The van der Waals surface area contributed by atoms with Crippen LogP contribution in [0.5, 0.6) is 5.75 Å². The van der Waals surface area contributed by atoms with Crippen LogP contribution in [0.1, 0.15) is 29.2 Å². The Labute approximate surface area is 141 Å². The van der Waals surface area contributed by atoms with Crippen molar-refractivity contribution in [2.45, 2.75) is 18.9 Å². The largest absolute Gasteiger partial charge is 0.493 e. The van der Waals surface area contributed by atoms with E-state index in [0.717, 1.165) is 45.3 Å². The zero-order valence-electron chi connectivity index (χ0n) is 11.4. The molecule has 0 saturated heterocycles. The molecule has 0 aliphatic carbocycles. The van der Waals surface area contributed by atoms with Gasteiger partial charge in [0.25, 0.3) is 0 Å². The lowest BCUT2D eigenvalue weighted by atomic mass is 9.94. The van der Waals surface area contributed by atoms with Gasteiger partial charge in [0.15, 0.2) is 0 Å². The highest BCUT2D eigenvalue weighted by atomic mass is 79.9. The molecule has 2 aromatic carbocycles. The first-order chi connectivity index (χ1) is 10.2. The van der Waals surface area contributed by atoms with Gasteiger partial charge in [-0.25, -0.2) is 5.43 Å². The van der Waals surface area contributed by atoms with Crippen molar-refractivity contribution in [2.24, 2.45) is 5.84 Å². The Morgan fingerprint density at radius 1 is 1.14 bits per heavy atom. The second-order valence-corrected chi connectivity index (χ2v) is 6.82. The van der Waals surface area contributed by atoms with E-state index < -0.39 is 0 Å². The summed E-state index contributed by atoms with van der Waals surface area (Å²) >= 11 is 7.09. The number of hydrogen-bond acceptors (Lipinski definition) is 3. The minimum Gasteiger partial charge on any atom is -0.493 e. The molecule has 0 radical (unpaired) electrons. The Bertz CT molecular complexity index is 661. The number of ether oxygens (including phenoxy) is 1. The van der Waals surface area contributed by atoms with Crippen molar-refractivity contribution in [3.8, 4) is 5.75 Å². The molecular weight excluding hydrogens is 396 g/mol. The molecule has 0 fully saturated rings. The number of benzene rings is 2. The van der Waals surface area contributed by atoms with Crippen LogP contribution < -0.4 is 16.0 Å². The lowest BCUT2D eigenvalue weighted by Gasteiger charge is -2.25. The Balaban J connectivity index is 2.08. The van der Waals surface area contributed by atoms with Gasteiger partial charge in [0.2, 0.25) is 0 Å². The molecule has 0 spiro atoms. The van der Waals surface area contributed by atoms with E-state index in [9.17, 15) is 0 Å². The van der Waals surface area contributed by atoms with Gasteiger partial charge in [0.1, 0.15) is 5.75 Å². The zero-order chi connectivity index (χ0) is 14.8. The van der Waals surface area contributed by atoms with E-state index in [-0.39, 0.29) is 6.04 Å². The summed E-state index contributed by atoms with van der Waals surface area (Å²) in [5.74, 6) is 6.81. The van der Waals surface area contributed by atoms with Gasteiger partial charge in [-0.15, -0.1) is 0 Å². The number of nitrogens with one attached hydrogen (secondary N) is 1. The molecule has 3 N–H and O–H groups in total. The maximum absolute atomic E-state index is 5.90. The molecule has 3 nitrogen and oxygen atoms in total. The summed E-state index contributed by atoms with van der Waals surface area (Å²) in [6, 6.07) is 12.3. The molecule has 1 aliphatic rings. The van der Waals surface area contributed by atoms with E-state index in [1.165, 1.54) is 5.56 Å². The van der Waals surface area contributed by atoms with Gasteiger partial charge in [-0.2, -0.15) is 0 Å². The quantitative estimate of drug-likeness (QED) is 0.590. The zero-order valence-corrected chi connectivity index (χ0v) is 14.6. The predicted octanol–water partition coefficient (Wildman–Crippen LogP) is 4.09. The van der Waals surface area contributed by atoms with Gasteiger partial charge in [-0.05, 0) is 36.1 Å². The Morgan fingerprint density at radius 2 is 2.00 bits per heavy atom. The van der Waals surface area contributed by atoms with Crippen molar-refractivity contribution in [2.75, 3.05) is 6.61 Å². The number of para-hydroxylation sites is 1. The van der Waals surface area contributed by atoms with Crippen LogP contribution in [0.3, 0.4) is 0 Å². The van der Waals surface area contributed by atoms with Gasteiger partial charge in [0.05, 0.1) is 12.6 Å². The molecule has 5 heteroatoms. The summed E-state index contributed by atoms with van der Waals surface area (Å²) in [5, 5.41) is 0. The smallest absolute Gasteiger partial charge is 0.127 e. The molecule has 1 unspecified atom stereocenters. The molecule has 0 saturated carbocycles. The van der Waals surface area contributed by atoms with Gasteiger partial charge < -0.3 is 4.74 Å². The van der Waals surface area contributed by atoms with E-state index in [0.29, 0.717) is 0 Å². The lowest BCUT2D eigenvalue weighted by Crippen LogP contribution is -2.30. The Hall–Kier alpha value is -0.880. The van der Waals surface area contributed by atoms with Crippen LogP contribution >= 0.6 is 31.9 Å². The first kappa shape index (κ1) is 15.0. The highest BCUT2D eigenvalue weighted by Crippen LogP contribution is 2.38. The minimum absolute atomic E-state index is 0.111. The molecule has 0 aromatic heterocycles. The maximum Gasteiger partial charge on any atom is 0.127 e. The van der Waals surface area contributed by atoms with Crippen molar-refractivity contribution < 1.29 is 4.74 Å². The molecule has 110 valence electrons. The minimum atomic E-state index is -0.111. The third kappa shape index (κ3) is 3.01. The Kier molecular flexibility index (Phi) is 4.64. The molecule has 21 heavy (non-hydrogen) atoms. The van der Waals surface area contributed by atoms with Crippen LogP contribution in [0.4, 0.5) is 0 Å². The first-order valence-electron chi connectivity index (χ1n) is 6.86. The van der Waals surface area contributed by atoms with Gasteiger partial charge >= 0.3 is 0 Å². The number of halogens is 2. The molecule has 0 bridgehead atoms. The number of hydrogen-bond donors (Lipinski definition) is 2. The molecule has 1 aliphatic heterocycles. The Morgan fingerprint density at radius 3 is 2.76 bits per heavy atom. The summed E-state index contributed by atoms with van der Waals surface area (Å²) in [6.07, 6.45) is 2.13. The highest BCUT2D eigenvalue weighted by Gasteiger charge is 2.23. The number of fused-ring (bicyclic) bond motifs is 1. The third-order valence-corrected chi connectivity index (χ3v) is 4.90. The van der Waals surface area contributed by atoms with E-state index in [2.05, 4.69) is 61.6 Å². The van der Waals surface area contributed by atoms with Crippen molar-refractivity contribution in [1.82, 2.24) is 5.43 Å². The molecule has 1 atom stereocenters. The average Bonchev–Trinajstić information content (AvgIpc) is 2.50. The second kappa shape index (κ2) is 6.48. The molecule has 2 aromatic rings. The molecule has 0 amide bonds. The van der Waals surface area contributed by atoms with Gasteiger partial charge in [0, 0.05) is 14.5 Å². The standard InChI is InChI=1S/C16H16Br2N2O/c17-11-6-7-12(14(18)9-11)15(20-19)13-5-1-3-10-4-2-8-21-16(10)13/h1,3,5-7,9,15,20H,2,4,8,19H2. The molecule has 3 rings (SSSR count). The van der Waals surface area contributed by atoms with Gasteiger partial charge in [-0.3, -0.25) is 5.84 Å². The fourth-order valence-corrected chi connectivity index (χ4v) is 4.00. The maximum atomic E-state index is 5.90. The molecule has 1 heterocycles. The predicted molar refractivity (Wildman–Crippen MR) is 91.3 cm³/mol. The van der Waals surface area contributed by atoms with E-state index in [1.807, 2.05) is 12.1 Å². The van der Waals surface area contributed by atoms with Crippen LogP contribution in [-0.4, -0.2) is 6.61 Å². The summed E-state index contributed by atoms with van der Waals surface area (Å²) in [5.41, 5.74) is 6.34. The highest BCUT2D eigenvalue weighted by molar-refractivity contribution is 9.11. The molecular formula is C16H16Br2N2O. The normalized spacial score (nSPS) is 15.2. The fraction of sp³-hybridized carbons (Fsp3) is 0.250. The number of rotatable bonds is 3. The topological polar surface area (TPSA) is 47.3 Å². The van der Waals surface area contributed by atoms with E-state index in [1.54, 1.807) is 0 Å². The summed E-state index contributed by atoms with van der Waals surface area (Å²) in [6.45, 7) is 0.767. The number of hydrazine groups is 1. The van der Waals surface area contributed by atoms with Crippen molar-refractivity contribution in [3.63, 3.8) is 0 Å². The second-order valence-electron chi connectivity index (χ2n) is 5.05. The van der Waals surface area contributed by atoms with Crippen molar-refractivity contribution >= 4 is 31.9 Å². The van der Waals surface area contributed by atoms with Crippen molar-refractivity contribution in [3.05, 3.63) is 62.0 Å². The lowest BCUT2D eigenvalue weighted by molar-refractivity contribution is 0.283. The summed E-state index contributed by atoms with van der Waals surface area (Å²) in [7, 11) is 0. The summed E-state index contributed by atoms with van der Waals surface area (Å²) < 4.78 is 7.94. The first-order valence-corrected chi connectivity index (χ1v) is 8.45. The van der Waals surface area contributed by atoms with Crippen LogP contribution in [0.2, 0.25) is 0 Å². The third-order valence-electron chi connectivity index (χ3n) is 3.72. The SMILES string of the molecule is NNC(c1ccc(Br)cc1Br)c1cccc2c1OCCC2. The average molecular weight is 412 g/mol. The van der Waals surface area contributed by atoms with Gasteiger partial charge in [-0.1, -0.05) is 56.1 Å².